The van der Waals surface area contributed by atoms with Gasteiger partial charge in [0.05, 0.1) is 16.4 Å². The third kappa shape index (κ3) is 1.95. The summed E-state index contributed by atoms with van der Waals surface area (Å²) < 4.78 is 27.7. The first-order valence-corrected chi connectivity index (χ1v) is 6.26. The van der Waals surface area contributed by atoms with Gasteiger partial charge >= 0.3 is 0 Å². The summed E-state index contributed by atoms with van der Waals surface area (Å²) in [5.74, 6) is 0.463. The lowest BCUT2D eigenvalue weighted by Crippen LogP contribution is -2.15. The molecule has 0 saturated carbocycles. The van der Waals surface area contributed by atoms with Gasteiger partial charge in [0.2, 0.25) is 0 Å². The van der Waals surface area contributed by atoms with E-state index in [1.807, 2.05) is 0 Å². The van der Waals surface area contributed by atoms with Crippen LogP contribution in [0.3, 0.4) is 0 Å². The number of oxazole rings is 1. The number of thiophene rings is 1. The van der Waals surface area contributed by atoms with E-state index in [1.54, 1.807) is 6.07 Å². The highest BCUT2D eigenvalue weighted by Gasteiger charge is 2.17. The maximum atomic E-state index is 11.4. The second-order valence-electron chi connectivity index (χ2n) is 2.67. The minimum absolute atomic E-state index is 0.0153. The first-order valence-electron chi connectivity index (χ1n) is 3.96. The van der Waals surface area contributed by atoms with Crippen molar-refractivity contribution in [3.05, 3.63) is 29.6 Å². The Balaban J connectivity index is 2.37. The molecule has 2 aromatic rings. The molecule has 2 aromatic heterocycles. The van der Waals surface area contributed by atoms with Crippen LogP contribution in [0.2, 0.25) is 0 Å². The SMILES string of the molecule is O=NNS(=O)(=O)c1ccc(-c2cnco2)s1. The van der Waals surface area contributed by atoms with E-state index in [1.165, 1.54) is 23.5 Å². The molecular formula is C7H5N3O4S2. The molecule has 0 unspecified atom stereocenters. The predicted molar refractivity (Wildman–Crippen MR) is 55.9 cm³/mol. The van der Waals surface area contributed by atoms with Crippen LogP contribution < -0.4 is 4.83 Å². The van der Waals surface area contributed by atoms with E-state index in [9.17, 15) is 13.3 Å². The van der Waals surface area contributed by atoms with Gasteiger partial charge in [-0.1, -0.05) is 0 Å². The van der Waals surface area contributed by atoms with Crippen LogP contribution in [0, 0.1) is 4.91 Å². The summed E-state index contributed by atoms with van der Waals surface area (Å²) in [4.78, 5) is 15.7. The molecule has 9 heteroatoms. The van der Waals surface area contributed by atoms with E-state index in [0.717, 1.165) is 11.3 Å². The van der Waals surface area contributed by atoms with Crippen molar-refractivity contribution in [3.63, 3.8) is 0 Å². The Morgan fingerprint density at radius 3 is 2.88 bits per heavy atom. The van der Waals surface area contributed by atoms with E-state index in [2.05, 4.69) is 10.3 Å². The van der Waals surface area contributed by atoms with Gasteiger partial charge in [0, 0.05) is 0 Å². The van der Waals surface area contributed by atoms with Crippen molar-refractivity contribution >= 4 is 21.4 Å². The van der Waals surface area contributed by atoms with Crippen molar-refractivity contribution in [1.29, 1.82) is 0 Å². The van der Waals surface area contributed by atoms with Crippen molar-refractivity contribution < 1.29 is 12.8 Å². The lowest BCUT2D eigenvalue weighted by atomic mass is 10.4. The Labute approximate surface area is 94.1 Å². The Hall–Kier alpha value is -1.74. The van der Waals surface area contributed by atoms with Crippen LogP contribution >= 0.6 is 11.3 Å². The number of hydrogen-bond donors (Lipinski definition) is 1. The molecule has 0 amide bonds. The maximum absolute atomic E-state index is 11.4. The zero-order chi connectivity index (χ0) is 11.6. The Morgan fingerprint density at radius 2 is 2.25 bits per heavy atom. The van der Waals surface area contributed by atoms with Crippen molar-refractivity contribution in [2.45, 2.75) is 4.21 Å². The summed E-state index contributed by atoms with van der Waals surface area (Å²) in [6.45, 7) is 0. The van der Waals surface area contributed by atoms with Gasteiger partial charge in [-0.2, -0.15) is 13.2 Å². The quantitative estimate of drug-likeness (QED) is 0.659. The fraction of sp³-hybridized carbons (Fsp3) is 0. The monoisotopic (exact) mass is 259 g/mol. The summed E-state index contributed by atoms with van der Waals surface area (Å²) in [5, 5.41) is 2.14. The molecule has 0 radical (unpaired) electrons. The molecule has 0 bridgehead atoms. The van der Waals surface area contributed by atoms with Crippen LogP contribution in [-0.2, 0) is 10.0 Å². The Kier molecular flexibility index (Phi) is 2.71. The standard InChI is InChI=1S/C7H5N3O4S2/c11-9-10-16(12,13)7-2-1-6(15-7)5-3-8-4-14-5/h1-4H,(H,10,11). The topological polar surface area (TPSA) is 102 Å². The smallest absolute Gasteiger partial charge is 0.288 e. The van der Waals surface area contributed by atoms with Gasteiger partial charge in [-0.05, 0) is 12.1 Å². The molecule has 0 aliphatic rings. The van der Waals surface area contributed by atoms with Crippen molar-refractivity contribution in [2.75, 3.05) is 0 Å². The van der Waals surface area contributed by atoms with E-state index >= 15 is 0 Å². The molecule has 0 aromatic carbocycles. The van der Waals surface area contributed by atoms with Crippen molar-refractivity contribution in [1.82, 2.24) is 9.82 Å². The van der Waals surface area contributed by atoms with Crippen LogP contribution in [0.1, 0.15) is 0 Å². The molecule has 2 rings (SSSR count). The fourth-order valence-electron chi connectivity index (χ4n) is 1.03. The number of nitrogens with zero attached hydrogens (tertiary/aromatic N) is 2. The Bertz CT molecular complexity index is 587. The summed E-state index contributed by atoms with van der Waals surface area (Å²) >= 11 is 0.954. The van der Waals surface area contributed by atoms with Gasteiger partial charge in [-0.15, -0.1) is 16.2 Å². The highest BCUT2D eigenvalue weighted by Crippen LogP contribution is 2.30. The zero-order valence-corrected chi connectivity index (χ0v) is 9.29. The number of nitrogens with one attached hydrogen (secondary N) is 1. The largest absolute Gasteiger partial charge is 0.443 e. The molecule has 16 heavy (non-hydrogen) atoms. The molecule has 2 heterocycles. The second kappa shape index (κ2) is 4.02. The molecule has 0 aliphatic heterocycles. The average molecular weight is 259 g/mol. The molecule has 0 spiro atoms. The van der Waals surface area contributed by atoms with Crippen LogP contribution in [0.5, 0.6) is 0 Å². The lowest BCUT2D eigenvalue weighted by Gasteiger charge is -1.94. The lowest BCUT2D eigenvalue weighted by molar-refractivity contribution is 0.573. The maximum Gasteiger partial charge on any atom is 0.288 e. The van der Waals surface area contributed by atoms with E-state index in [0.29, 0.717) is 10.6 Å². The molecule has 0 fully saturated rings. The number of nitroso groups, excluding NO2 is 1. The van der Waals surface area contributed by atoms with Gasteiger partial charge in [-0.3, -0.25) is 0 Å². The van der Waals surface area contributed by atoms with Gasteiger partial charge < -0.3 is 4.42 Å². The molecular weight excluding hydrogens is 254 g/mol. The third-order valence-electron chi connectivity index (χ3n) is 1.68. The van der Waals surface area contributed by atoms with Gasteiger partial charge in [0.25, 0.3) is 10.0 Å². The van der Waals surface area contributed by atoms with Crippen LogP contribution in [-0.4, -0.2) is 13.4 Å². The summed E-state index contributed by atoms with van der Waals surface area (Å²) in [6, 6.07) is 2.92. The summed E-state index contributed by atoms with van der Waals surface area (Å²) in [5.41, 5.74) is 0. The van der Waals surface area contributed by atoms with Gasteiger partial charge in [-0.25, -0.2) is 4.98 Å². The second-order valence-corrected chi connectivity index (χ2v) is 5.64. The van der Waals surface area contributed by atoms with E-state index in [-0.39, 0.29) is 4.21 Å². The molecule has 0 saturated heterocycles. The molecule has 7 nitrogen and oxygen atoms in total. The minimum Gasteiger partial charge on any atom is -0.443 e. The minimum atomic E-state index is -3.85. The van der Waals surface area contributed by atoms with Gasteiger partial charge in [0.1, 0.15) is 4.21 Å². The highest BCUT2D eigenvalue weighted by atomic mass is 32.2. The van der Waals surface area contributed by atoms with E-state index in [4.69, 9.17) is 4.42 Å². The Morgan fingerprint density at radius 1 is 1.44 bits per heavy atom. The normalized spacial score (nSPS) is 11.2. The predicted octanol–water partition coefficient (Wildman–Crippen LogP) is 1.36. The first kappa shape index (κ1) is 10.8. The molecule has 0 atom stereocenters. The molecule has 1 N–H and O–H groups in total. The van der Waals surface area contributed by atoms with E-state index < -0.39 is 10.0 Å². The fourth-order valence-corrected chi connectivity index (χ4v) is 2.97. The number of sulfonamides is 1. The number of rotatable bonds is 4. The van der Waals surface area contributed by atoms with Gasteiger partial charge in [0.15, 0.2) is 12.2 Å². The average Bonchev–Trinajstić information content (AvgIpc) is 2.89. The highest BCUT2D eigenvalue weighted by molar-refractivity contribution is 7.91. The van der Waals surface area contributed by atoms with Crippen molar-refractivity contribution in [2.24, 2.45) is 5.29 Å². The molecule has 0 aliphatic carbocycles. The first-order chi connectivity index (χ1) is 7.63. The van der Waals surface area contributed by atoms with Crippen molar-refractivity contribution in [3.8, 4) is 10.6 Å². The van der Waals surface area contributed by atoms with Crippen LogP contribution in [0.25, 0.3) is 10.6 Å². The van der Waals surface area contributed by atoms with Crippen LogP contribution in [0.15, 0.2) is 38.6 Å². The number of aromatic nitrogens is 1. The summed E-state index contributed by atoms with van der Waals surface area (Å²) in [6.07, 6.45) is 2.71. The number of hydrogen-bond acceptors (Lipinski definition) is 7. The molecule has 84 valence electrons. The third-order valence-corrected chi connectivity index (χ3v) is 4.46. The zero-order valence-electron chi connectivity index (χ0n) is 7.65. The van der Waals surface area contributed by atoms with Crippen LogP contribution in [0.4, 0.5) is 0 Å². The summed E-state index contributed by atoms with van der Waals surface area (Å²) in [7, 11) is -3.85.